The molecule has 1 aromatic heterocycles. The van der Waals surface area contributed by atoms with Crippen LogP contribution in [0.4, 0.5) is 0 Å². The maximum Gasteiger partial charge on any atom is 0.123 e. The van der Waals surface area contributed by atoms with E-state index in [1.54, 1.807) is 11.3 Å². The normalized spacial score (nSPS) is 17.7. The minimum atomic E-state index is 1.06. The first-order chi connectivity index (χ1) is 9.31. The van der Waals surface area contributed by atoms with Crippen LogP contribution in [-0.4, -0.2) is 48.0 Å². The molecule has 0 atom stereocenters. The summed E-state index contributed by atoms with van der Waals surface area (Å²) in [5, 5.41) is 3.12. The van der Waals surface area contributed by atoms with E-state index in [0.29, 0.717) is 0 Å². The Morgan fingerprint density at radius 1 is 1.11 bits per heavy atom. The second-order valence-electron chi connectivity index (χ2n) is 5.11. The molecule has 1 aliphatic heterocycles. The molecule has 19 heavy (non-hydrogen) atoms. The lowest BCUT2D eigenvalue weighted by atomic mass is 10.1. The highest BCUT2D eigenvalue weighted by Gasteiger charge is 2.13. The average molecular weight is 273 g/mol. The second-order valence-corrected chi connectivity index (χ2v) is 6.01. The standard InChI is InChI=1S/C15H19N3S/c1-17-7-9-18(10-8-17)12-13-2-4-14(5-3-13)15-16-6-11-19-15/h2-6,11H,7-10,12H2,1H3. The summed E-state index contributed by atoms with van der Waals surface area (Å²) in [6.07, 6.45) is 1.86. The lowest BCUT2D eigenvalue weighted by Crippen LogP contribution is -2.43. The fourth-order valence-corrected chi connectivity index (χ4v) is 3.03. The molecule has 1 saturated heterocycles. The number of benzene rings is 1. The molecule has 0 bridgehead atoms. The third-order valence-corrected chi connectivity index (χ3v) is 4.46. The van der Waals surface area contributed by atoms with Crippen molar-refractivity contribution in [1.29, 1.82) is 0 Å². The fraction of sp³-hybridized carbons (Fsp3) is 0.400. The summed E-state index contributed by atoms with van der Waals surface area (Å²) in [6.45, 7) is 5.76. The molecule has 3 rings (SSSR count). The molecular weight excluding hydrogens is 254 g/mol. The summed E-state index contributed by atoms with van der Waals surface area (Å²) in [7, 11) is 2.19. The van der Waals surface area contributed by atoms with E-state index in [1.807, 2.05) is 11.6 Å². The van der Waals surface area contributed by atoms with Crippen molar-refractivity contribution in [3.05, 3.63) is 41.4 Å². The zero-order valence-electron chi connectivity index (χ0n) is 11.2. The molecule has 0 saturated carbocycles. The monoisotopic (exact) mass is 273 g/mol. The van der Waals surface area contributed by atoms with Gasteiger partial charge in [0.15, 0.2) is 0 Å². The first-order valence-electron chi connectivity index (χ1n) is 6.71. The number of thiazole rings is 1. The van der Waals surface area contributed by atoms with Crippen molar-refractivity contribution in [3.63, 3.8) is 0 Å². The molecule has 0 amide bonds. The molecule has 2 aromatic rings. The van der Waals surface area contributed by atoms with Crippen LogP contribution < -0.4 is 0 Å². The summed E-state index contributed by atoms with van der Waals surface area (Å²) < 4.78 is 0. The Labute approximate surface area is 118 Å². The van der Waals surface area contributed by atoms with E-state index in [-0.39, 0.29) is 0 Å². The number of rotatable bonds is 3. The number of piperazine rings is 1. The van der Waals surface area contributed by atoms with Gasteiger partial charge in [0.1, 0.15) is 5.01 Å². The largest absolute Gasteiger partial charge is 0.304 e. The number of hydrogen-bond acceptors (Lipinski definition) is 4. The van der Waals surface area contributed by atoms with Gasteiger partial charge in [-0.25, -0.2) is 4.98 Å². The Bertz CT molecular complexity index is 499. The van der Waals surface area contributed by atoms with Crippen molar-refractivity contribution in [2.24, 2.45) is 0 Å². The van der Waals surface area contributed by atoms with E-state index in [9.17, 15) is 0 Å². The third kappa shape index (κ3) is 3.21. The van der Waals surface area contributed by atoms with Crippen molar-refractivity contribution in [3.8, 4) is 10.6 Å². The van der Waals surface area contributed by atoms with Crippen molar-refractivity contribution < 1.29 is 0 Å². The SMILES string of the molecule is CN1CCN(Cc2ccc(-c3nccs3)cc2)CC1. The van der Waals surface area contributed by atoms with Crippen LogP contribution in [0.25, 0.3) is 10.6 Å². The predicted octanol–water partition coefficient (Wildman–Crippen LogP) is 2.56. The van der Waals surface area contributed by atoms with Crippen molar-refractivity contribution in [1.82, 2.24) is 14.8 Å². The quantitative estimate of drug-likeness (QED) is 0.857. The van der Waals surface area contributed by atoms with Gasteiger partial charge in [-0.15, -0.1) is 11.3 Å². The highest BCUT2D eigenvalue weighted by atomic mass is 32.1. The van der Waals surface area contributed by atoms with Crippen LogP contribution in [0, 0.1) is 0 Å². The Morgan fingerprint density at radius 2 is 1.84 bits per heavy atom. The number of hydrogen-bond donors (Lipinski definition) is 0. The van der Waals surface area contributed by atoms with Crippen LogP contribution in [0.5, 0.6) is 0 Å². The summed E-state index contributed by atoms with van der Waals surface area (Å²) in [6, 6.07) is 8.83. The van der Waals surface area contributed by atoms with Crippen LogP contribution in [0.15, 0.2) is 35.8 Å². The summed E-state index contributed by atoms with van der Waals surface area (Å²) in [5.74, 6) is 0. The third-order valence-electron chi connectivity index (χ3n) is 3.64. The molecule has 0 unspecified atom stereocenters. The number of aromatic nitrogens is 1. The second kappa shape index (κ2) is 5.82. The molecule has 0 radical (unpaired) electrons. The van der Waals surface area contributed by atoms with Gasteiger partial charge in [0, 0.05) is 49.9 Å². The maximum absolute atomic E-state index is 4.34. The van der Waals surface area contributed by atoms with E-state index in [1.165, 1.54) is 37.3 Å². The zero-order valence-corrected chi connectivity index (χ0v) is 12.1. The Hall–Kier alpha value is -1.23. The van der Waals surface area contributed by atoms with Gasteiger partial charge in [0.05, 0.1) is 0 Å². The van der Waals surface area contributed by atoms with Crippen LogP contribution in [0.2, 0.25) is 0 Å². The van der Waals surface area contributed by atoms with Gasteiger partial charge in [-0.05, 0) is 12.6 Å². The van der Waals surface area contributed by atoms with Crippen molar-refractivity contribution in [2.45, 2.75) is 6.54 Å². The van der Waals surface area contributed by atoms with E-state index in [4.69, 9.17) is 0 Å². The maximum atomic E-state index is 4.34. The molecule has 1 aliphatic rings. The van der Waals surface area contributed by atoms with Gasteiger partial charge in [-0.1, -0.05) is 24.3 Å². The predicted molar refractivity (Wildman–Crippen MR) is 80.3 cm³/mol. The van der Waals surface area contributed by atoms with Crippen molar-refractivity contribution in [2.75, 3.05) is 33.2 Å². The van der Waals surface area contributed by atoms with Crippen LogP contribution in [0.1, 0.15) is 5.56 Å². The van der Waals surface area contributed by atoms with E-state index < -0.39 is 0 Å². The van der Waals surface area contributed by atoms with E-state index >= 15 is 0 Å². The lowest BCUT2D eigenvalue weighted by Gasteiger charge is -2.32. The molecule has 1 aromatic carbocycles. The van der Waals surface area contributed by atoms with Crippen LogP contribution in [0.3, 0.4) is 0 Å². The molecule has 0 spiro atoms. The summed E-state index contributed by atoms with van der Waals surface area (Å²) in [4.78, 5) is 9.26. The number of nitrogens with zero attached hydrogens (tertiary/aromatic N) is 3. The fourth-order valence-electron chi connectivity index (χ4n) is 2.38. The van der Waals surface area contributed by atoms with Crippen molar-refractivity contribution >= 4 is 11.3 Å². The van der Waals surface area contributed by atoms with E-state index in [2.05, 4.69) is 46.1 Å². The van der Waals surface area contributed by atoms with Gasteiger partial charge >= 0.3 is 0 Å². The Balaban J connectivity index is 1.63. The molecule has 100 valence electrons. The molecule has 0 aliphatic carbocycles. The van der Waals surface area contributed by atoms with Crippen LogP contribution in [-0.2, 0) is 6.54 Å². The van der Waals surface area contributed by atoms with Gasteiger partial charge in [-0.2, -0.15) is 0 Å². The van der Waals surface area contributed by atoms with Crippen LogP contribution >= 0.6 is 11.3 Å². The molecule has 1 fully saturated rings. The van der Waals surface area contributed by atoms with Gasteiger partial charge in [-0.3, -0.25) is 4.90 Å². The minimum absolute atomic E-state index is 1.06. The highest BCUT2D eigenvalue weighted by Crippen LogP contribution is 2.22. The first-order valence-corrected chi connectivity index (χ1v) is 7.59. The van der Waals surface area contributed by atoms with Gasteiger partial charge in [0.2, 0.25) is 0 Å². The lowest BCUT2D eigenvalue weighted by molar-refractivity contribution is 0.148. The molecular formula is C15H19N3S. The molecule has 2 heterocycles. The molecule has 0 N–H and O–H groups in total. The Kier molecular flexibility index (Phi) is 3.92. The highest BCUT2D eigenvalue weighted by molar-refractivity contribution is 7.13. The minimum Gasteiger partial charge on any atom is -0.304 e. The topological polar surface area (TPSA) is 19.4 Å². The van der Waals surface area contributed by atoms with E-state index in [0.717, 1.165) is 11.6 Å². The molecule has 4 heteroatoms. The average Bonchev–Trinajstić information content (AvgIpc) is 2.96. The first kappa shape index (κ1) is 12.8. The Morgan fingerprint density at radius 3 is 2.47 bits per heavy atom. The smallest absolute Gasteiger partial charge is 0.123 e. The van der Waals surface area contributed by atoms with Gasteiger partial charge < -0.3 is 4.90 Å². The molecule has 3 nitrogen and oxygen atoms in total. The van der Waals surface area contributed by atoms with Gasteiger partial charge in [0.25, 0.3) is 0 Å². The number of likely N-dealkylation sites (N-methyl/N-ethyl adjacent to an activating group) is 1. The summed E-state index contributed by atoms with van der Waals surface area (Å²) in [5.41, 5.74) is 2.61. The summed E-state index contributed by atoms with van der Waals surface area (Å²) >= 11 is 1.69. The zero-order chi connectivity index (χ0) is 13.1.